The number of nitrogens with one attached hydrogen (secondary N) is 1. The van der Waals surface area contributed by atoms with Crippen molar-refractivity contribution in [2.45, 2.75) is 39.3 Å². The molecule has 19 heavy (non-hydrogen) atoms. The molecule has 0 aromatic carbocycles. The molecule has 2 heterocycles. The van der Waals surface area contributed by atoms with Crippen molar-refractivity contribution in [1.29, 1.82) is 0 Å². The standard InChI is InChI=1S/C12H20N4O.2ClH/c1-8(2)15-12(17)10-7-14-16-4-3-9(6-13)5-11(10)16;;/h7-9H,3-6,13H2,1-2H3,(H,15,17);2*1H. The summed E-state index contributed by atoms with van der Waals surface area (Å²) in [5.74, 6) is 0.448. The van der Waals surface area contributed by atoms with Gasteiger partial charge < -0.3 is 11.1 Å². The normalized spacial score (nSPS) is 17.2. The lowest BCUT2D eigenvalue weighted by Crippen LogP contribution is -2.32. The molecule has 5 nitrogen and oxygen atoms in total. The second-order valence-corrected chi connectivity index (χ2v) is 4.95. The summed E-state index contributed by atoms with van der Waals surface area (Å²) in [7, 11) is 0. The number of aromatic nitrogens is 2. The van der Waals surface area contributed by atoms with Gasteiger partial charge in [-0.25, -0.2) is 0 Å². The lowest BCUT2D eigenvalue weighted by atomic mass is 9.94. The Morgan fingerprint density at radius 2 is 2.26 bits per heavy atom. The SMILES string of the molecule is CC(C)NC(=O)c1cnn2c1CC(CN)CC2.Cl.Cl. The highest BCUT2D eigenvalue weighted by Crippen LogP contribution is 2.22. The van der Waals surface area contributed by atoms with Crippen LogP contribution in [-0.4, -0.2) is 28.3 Å². The molecule has 0 saturated carbocycles. The molecule has 1 aliphatic heterocycles. The van der Waals surface area contributed by atoms with Crippen molar-refractivity contribution in [1.82, 2.24) is 15.1 Å². The average molecular weight is 309 g/mol. The minimum atomic E-state index is -0.0288. The van der Waals surface area contributed by atoms with E-state index in [-0.39, 0.29) is 36.8 Å². The van der Waals surface area contributed by atoms with E-state index in [1.165, 1.54) is 0 Å². The van der Waals surface area contributed by atoms with Crippen molar-refractivity contribution in [2.24, 2.45) is 11.7 Å². The van der Waals surface area contributed by atoms with Crippen LogP contribution in [0.15, 0.2) is 6.20 Å². The third-order valence-electron chi connectivity index (χ3n) is 3.18. The summed E-state index contributed by atoms with van der Waals surface area (Å²) in [6, 6.07) is 0.145. The Kier molecular flexibility index (Phi) is 7.41. The molecule has 110 valence electrons. The molecular formula is C12H22Cl2N4O. The first-order chi connectivity index (χ1) is 8.11. The number of hydrogen-bond donors (Lipinski definition) is 2. The molecule has 0 spiro atoms. The number of halogens is 2. The Labute approximate surface area is 126 Å². The van der Waals surface area contributed by atoms with E-state index < -0.39 is 0 Å². The highest BCUT2D eigenvalue weighted by molar-refractivity contribution is 5.95. The van der Waals surface area contributed by atoms with Gasteiger partial charge in [-0.3, -0.25) is 9.48 Å². The van der Waals surface area contributed by atoms with Crippen LogP contribution in [0.2, 0.25) is 0 Å². The highest BCUT2D eigenvalue weighted by Gasteiger charge is 2.24. The molecule has 1 aliphatic rings. The Hall–Kier alpha value is -0.780. The fourth-order valence-corrected chi connectivity index (χ4v) is 2.23. The van der Waals surface area contributed by atoms with Gasteiger partial charge in [0.1, 0.15) is 0 Å². The number of rotatable bonds is 3. The summed E-state index contributed by atoms with van der Waals surface area (Å²) in [5, 5.41) is 7.17. The van der Waals surface area contributed by atoms with E-state index in [9.17, 15) is 4.79 Å². The van der Waals surface area contributed by atoms with Crippen LogP contribution in [0.5, 0.6) is 0 Å². The van der Waals surface area contributed by atoms with E-state index >= 15 is 0 Å². The third kappa shape index (κ3) is 4.09. The van der Waals surface area contributed by atoms with Crippen LogP contribution in [0.3, 0.4) is 0 Å². The Morgan fingerprint density at radius 1 is 1.58 bits per heavy atom. The van der Waals surface area contributed by atoms with Crippen molar-refractivity contribution in [2.75, 3.05) is 6.54 Å². The van der Waals surface area contributed by atoms with Crippen LogP contribution in [0.4, 0.5) is 0 Å². The number of carbonyl (C=O) groups is 1. The molecule has 0 bridgehead atoms. The van der Waals surface area contributed by atoms with Gasteiger partial charge in [-0.2, -0.15) is 5.10 Å². The van der Waals surface area contributed by atoms with Crippen LogP contribution < -0.4 is 11.1 Å². The Morgan fingerprint density at radius 3 is 2.84 bits per heavy atom. The summed E-state index contributed by atoms with van der Waals surface area (Å²) in [6.45, 7) is 5.45. The molecule has 1 unspecified atom stereocenters. The summed E-state index contributed by atoms with van der Waals surface area (Å²) >= 11 is 0. The maximum atomic E-state index is 12.0. The zero-order valence-electron chi connectivity index (χ0n) is 11.3. The van der Waals surface area contributed by atoms with Crippen LogP contribution in [0, 0.1) is 5.92 Å². The number of carbonyl (C=O) groups excluding carboxylic acids is 1. The molecule has 1 aromatic rings. The van der Waals surface area contributed by atoms with Crippen molar-refractivity contribution in [3.63, 3.8) is 0 Å². The third-order valence-corrected chi connectivity index (χ3v) is 3.18. The van der Waals surface area contributed by atoms with Gasteiger partial charge in [0.15, 0.2) is 0 Å². The lowest BCUT2D eigenvalue weighted by Gasteiger charge is -2.22. The second-order valence-electron chi connectivity index (χ2n) is 4.95. The molecule has 2 rings (SSSR count). The van der Waals surface area contributed by atoms with Crippen molar-refractivity contribution in [3.05, 3.63) is 17.5 Å². The summed E-state index contributed by atoms with van der Waals surface area (Å²) in [6.07, 6.45) is 3.58. The van der Waals surface area contributed by atoms with Crippen LogP contribution >= 0.6 is 24.8 Å². The zero-order chi connectivity index (χ0) is 12.4. The highest BCUT2D eigenvalue weighted by atomic mass is 35.5. The van der Waals surface area contributed by atoms with E-state index in [0.29, 0.717) is 18.0 Å². The molecule has 0 radical (unpaired) electrons. The fraction of sp³-hybridized carbons (Fsp3) is 0.667. The number of fused-ring (bicyclic) bond motifs is 1. The number of nitrogens with zero attached hydrogens (tertiary/aromatic N) is 2. The minimum absolute atomic E-state index is 0. The van der Waals surface area contributed by atoms with E-state index in [1.54, 1.807) is 6.20 Å². The predicted molar refractivity (Wildman–Crippen MR) is 80.2 cm³/mol. The van der Waals surface area contributed by atoms with Crippen molar-refractivity contribution >= 4 is 30.7 Å². The van der Waals surface area contributed by atoms with Crippen LogP contribution in [0.25, 0.3) is 0 Å². The molecule has 1 atom stereocenters. The van der Waals surface area contributed by atoms with Crippen LogP contribution in [0.1, 0.15) is 36.3 Å². The molecule has 0 saturated heterocycles. The smallest absolute Gasteiger partial charge is 0.254 e. The predicted octanol–water partition coefficient (Wildman–Crippen LogP) is 1.39. The summed E-state index contributed by atoms with van der Waals surface area (Å²) < 4.78 is 1.93. The van der Waals surface area contributed by atoms with E-state index in [0.717, 1.165) is 25.1 Å². The van der Waals surface area contributed by atoms with E-state index in [1.807, 2.05) is 18.5 Å². The number of amides is 1. The molecule has 1 aromatic heterocycles. The van der Waals surface area contributed by atoms with Crippen molar-refractivity contribution < 1.29 is 4.79 Å². The summed E-state index contributed by atoms with van der Waals surface area (Å²) in [5.41, 5.74) is 7.44. The average Bonchev–Trinajstić information content (AvgIpc) is 2.70. The van der Waals surface area contributed by atoms with Gasteiger partial charge in [-0.1, -0.05) is 0 Å². The zero-order valence-corrected chi connectivity index (χ0v) is 12.9. The molecule has 3 N–H and O–H groups in total. The number of hydrogen-bond acceptors (Lipinski definition) is 3. The first-order valence-corrected chi connectivity index (χ1v) is 6.17. The quantitative estimate of drug-likeness (QED) is 0.886. The lowest BCUT2D eigenvalue weighted by molar-refractivity contribution is 0.0941. The van der Waals surface area contributed by atoms with Gasteiger partial charge in [0.05, 0.1) is 17.5 Å². The first-order valence-electron chi connectivity index (χ1n) is 6.17. The van der Waals surface area contributed by atoms with Gasteiger partial charge in [-0.05, 0) is 39.2 Å². The Bertz CT molecular complexity index is 420. The molecular weight excluding hydrogens is 287 g/mol. The Balaban J connectivity index is 0.00000162. The van der Waals surface area contributed by atoms with Crippen LogP contribution in [-0.2, 0) is 13.0 Å². The maximum Gasteiger partial charge on any atom is 0.254 e. The molecule has 1 amide bonds. The van der Waals surface area contributed by atoms with Gasteiger partial charge in [0.2, 0.25) is 0 Å². The van der Waals surface area contributed by atoms with Gasteiger partial charge in [0, 0.05) is 12.6 Å². The van der Waals surface area contributed by atoms with Gasteiger partial charge in [0.25, 0.3) is 5.91 Å². The number of aryl methyl sites for hydroxylation is 1. The molecule has 7 heteroatoms. The van der Waals surface area contributed by atoms with Gasteiger partial charge >= 0.3 is 0 Å². The fourth-order valence-electron chi connectivity index (χ4n) is 2.23. The van der Waals surface area contributed by atoms with E-state index in [4.69, 9.17) is 5.73 Å². The summed E-state index contributed by atoms with van der Waals surface area (Å²) in [4.78, 5) is 12.0. The minimum Gasteiger partial charge on any atom is -0.350 e. The maximum absolute atomic E-state index is 12.0. The number of nitrogens with two attached hydrogens (primary N) is 1. The largest absolute Gasteiger partial charge is 0.350 e. The van der Waals surface area contributed by atoms with Crippen molar-refractivity contribution in [3.8, 4) is 0 Å². The first kappa shape index (κ1) is 18.2. The monoisotopic (exact) mass is 308 g/mol. The topological polar surface area (TPSA) is 72.9 Å². The molecule has 0 aliphatic carbocycles. The second kappa shape index (κ2) is 7.72. The van der Waals surface area contributed by atoms with Gasteiger partial charge in [-0.15, -0.1) is 24.8 Å². The van der Waals surface area contributed by atoms with E-state index in [2.05, 4.69) is 10.4 Å². The molecule has 0 fully saturated rings.